The Balaban J connectivity index is 2.15. The third-order valence-electron chi connectivity index (χ3n) is 3.30. The van der Waals surface area contributed by atoms with Crippen molar-refractivity contribution in [2.24, 2.45) is 0 Å². The van der Waals surface area contributed by atoms with Crippen LogP contribution >= 0.6 is 0 Å². The lowest BCUT2D eigenvalue weighted by atomic mass is 10.0. The summed E-state index contributed by atoms with van der Waals surface area (Å²) in [6.07, 6.45) is 2.54. The third-order valence-corrected chi connectivity index (χ3v) is 3.30. The van der Waals surface area contributed by atoms with Gasteiger partial charge in [0.25, 0.3) is 5.56 Å². The number of hydrogen-bond acceptors (Lipinski definition) is 2. The number of nitrogens with zero attached hydrogens (tertiary/aromatic N) is 1. The van der Waals surface area contributed by atoms with Crippen LogP contribution in [0.15, 0.2) is 53.5 Å². The fraction of sp³-hybridized carbons (Fsp3) is 0.250. The van der Waals surface area contributed by atoms with E-state index in [0.717, 1.165) is 5.56 Å². The van der Waals surface area contributed by atoms with Gasteiger partial charge in [-0.15, -0.1) is 0 Å². The minimum Gasteiger partial charge on any atom is -0.480 e. The highest BCUT2D eigenvalue weighted by Gasteiger charge is 2.19. The molecule has 1 aromatic carbocycles. The highest BCUT2D eigenvalue weighted by molar-refractivity contribution is 5.71. The molecular formula is C16H17NO3. The molecule has 104 valence electrons. The molecule has 0 spiro atoms. The van der Waals surface area contributed by atoms with Crippen LogP contribution < -0.4 is 5.56 Å². The number of pyridine rings is 1. The van der Waals surface area contributed by atoms with E-state index in [2.05, 4.69) is 0 Å². The second kappa shape index (κ2) is 6.19. The highest BCUT2D eigenvalue weighted by atomic mass is 16.4. The Morgan fingerprint density at radius 1 is 1.20 bits per heavy atom. The summed E-state index contributed by atoms with van der Waals surface area (Å²) >= 11 is 0. The Morgan fingerprint density at radius 3 is 2.50 bits per heavy atom. The minimum atomic E-state index is -0.981. The topological polar surface area (TPSA) is 59.3 Å². The quantitative estimate of drug-likeness (QED) is 0.908. The first-order valence-corrected chi connectivity index (χ1v) is 6.53. The number of carbonyl (C=O) groups is 1. The van der Waals surface area contributed by atoms with Crippen molar-refractivity contribution < 1.29 is 9.90 Å². The van der Waals surface area contributed by atoms with Crippen molar-refractivity contribution in [1.29, 1.82) is 0 Å². The van der Waals surface area contributed by atoms with Gasteiger partial charge in [0, 0.05) is 12.3 Å². The lowest BCUT2D eigenvalue weighted by molar-refractivity contribution is -0.141. The van der Waals surface area contributed by atoms with Gasteiger partial charge in [-0.2, -0.15) is 0 Å². The molecule has 0 amide bonds. The SMILES string of the molecule is Cc1ccc(CCC(C(=O)O)n2ccccc2=O)cc1. The smallest absolute Gasteiger partial charge is 0.326 e. The Kier molecular flexibility index (Phi) is 4.35. The molecule has 1 N–H and O–H groups in total. The average Bonchev–Trinajstić information content (AvgIpc) is 2.42. The van der Waals surface area contributed by atoms with E-state index in [1.54, 1.807) is 12.1 Å². The van der Waals surface area contributed by atoms with E-state index in [0.29, 0.717) is 12.8 Å². The Morgan fingerprint density at radius 2 is 1.90 bits per heavy atom. The predicted molar refractivity (Wildman–Crippen MR) is 76.9 cm³/mol. The summed E-state index contributed by atoms with van der Waals surface area (Å²) in [7, 11) is 0. The number of aromatic nitrogens is 1. The summed E-state index contributed by atoms with van der Waals surface area (Å²) in [6.45, 7) is 2.01. The van der Waals surface area contributed by atoms with Crippen molar-refractivity contribution in [3.8, 4) is 0 Å². The van der Waals surface area contributed by atoms with E-state index in [1.807, 2.05) is 31.2 Å². The van der Waals surface area contributed by atoms with Crippen LogP contribution in [0.5, 0.6) is 0 Å². The van der Waals surface area contributed by atoms with Gasteiger partial charge in [-0.05, 0) is 31.4 Å². The van der Waals surface area contributed by atoms with Gasteiger partial charge in [-0.25, -0.2) is 4.79 Å². The van der Waals surface area contributed by atoms with Crippen LogP contribution in [0, 0.1) is 6.92 Å². The van der Waals surface area contributed by atoms with Crippen molar-refractivity contribution >= 4 is 5.97 Å². The molecule has 0 saturated heterocycles. The summed E-state index contributed by atoms with van der Waals surface area (Å²) in [6, 6.07) is 11.8. The van der Waals surface area contributed by atoms with Gasteiger partial charge in [0.2, 0.25) is 0 Å². The van der Waals surface area contributed by atoms with Gasteiger partial charge in [-0.1, -0.05) is 35.9 Å². The lowest BCUT2D eigenvalue weighted by Crippen LogP contribution is -2.29. The molecule has 2 aromatic rings. The van der Waals surface area contributed by atoms with Crippen LogP contribution in [0.2, 0.25) is 0 Å². The van der Waals surface area contributed by atoms with Gasteiger partial charge >= 0.3 is 5.97 Å². The summed E-state index contributed by atoms with van der Waals surface area (Å²) in [4.78, 5) is 23.1. The van der Waals surface area contributed by atoms with Crippen LogP contribution in [0.1, 0.15) is 23.6 Å². The maximum absolute atomic E-state index is 11.7. The summed E-state index contributed by atoms with van der Waals surface area (Å²) in [5.74, 6) is -0.981. The van der Waals surface area contributed by atoms with Gasteiger partial charge in [0.05, 0.1) is 0 Å². The molecule has 4 heteroatoms. The number of benzene rings is 1. The second-order valence-corrected chi connectivity index (χ2v) is 4.82. The molecule has 0 aliphatic heterocycles. The van der Waals surface area contributed by atoms with E-state index < -0.39 is 12.0 Å². The first kappa shape index (κ1) is 14.1. The first-order chi connectivity index (χ1) is 9.58. The molecule has 2 rings (SSSR count). The van der Waals surface area contributed by atoms with E-state index in [1.165, 1.54) is 22.4 Å². The van der Waals surface area contributed by atoms with Crippen molar-refractivity contribution in [1.82, 2.24) is 4.57 Å². The zero-order chi connectivity index (χ0) is 14.5. The monoisotopic (exact) mass is 271 g/mol. The molecule has 0 saturated carbocycles. The zero-order valence-corrected chi connectivity index (χ0v) is 11.3. The largest absolute Gasteiger partial charge is 0.480 e. The third kappa shape index (κ3) is 3.35. The second-order valence-electron chi connectivity index (χ2n) is 4.82. The lowest BCUT2D eigenvalue weighted by Gasteiger charge is -2.15. The van der Waals surface area contributed by atoms with Crippen molar-refractivity contribution in [3.63, 3.8) is 0 Å². The Bertz CT molecular complexity index is 643. The fourth-order valence-electron chi connectivity index (χ4n) is 2.14. The molecular weight excluding hydrogens is 254 g/mol. The predicted octanol–water partition coefficient (Wildman–Crippen LogP) is 2.42. The van der Waals surface area contributed by atoms with E-state index in [9.17, 15) is 14.7 Å². The Labute approximate surface area is 117 Å². The van der Waals surface area contributed by atoms with Gasteiger partial charge in [0.15, 0.2) is 0 Å². The van der Waals surface area contributed by atoms with E-state index in [4.69, 9.17) is 0 Å². The van der Waals surface area contributed by atoms with Crippen LogP contribution in [0.4, 0.5) is 0 Å². The van der Waals surface area contributed by atoms with Crippen LogP contribution in [0.3, 0.4) is 0 Å². The normalized spacial score (nSPS) is 12.1. The van der Waals surface area contributed by atoms with Crippen LogP contribution in [-0.2, 0) is 11.2 Å². The zero-order valence-electron chi connectivity index (χ0n) is 11.3. The van der Waals surface area contributed by atoms with E-state index >= 15 is 0 Å². The van der Waals surface area contributed by atoms with Crippen molar-refractivity contribution in [2.45, 2.75) is 25.8 Å². The van der Waals surface area contributed by atoms with Crippen molar-refractivity contribution in [2.75, 3.05) is 0 Å². The summed E-state index contributed by atoms with van der Waals surface area (Å²) in [5.41, 5.74) is 1.96. The minimum absolute atomic E-state index is 0.288. The number of hydrogen-bond donors (Lipinski definition) is 1. The molecule has 4 nitrogen and oxygen atoms in total. The number of carboxylic acids is 1. The number of carboxylic acid groups (broad SMARTS) is 1. The summed E-state index contributed by atoms with van der Waals surface area (Å²) in [5, 5.41) is 9.31. The highest BCUT2D eigenvalue weighted by Crippen LogP contribution is 2.14. The number of aliphatic carboxylic acids is 1. The molecule has 0 aliphatic carbocycles. The molecule has 0 bridgehead atoms. The van der Waals surface area contributed by atoms with E-state index in [-0.39, 0.29) is 5.56 Å². The fourth-order valence-corrected chi connectivity index (χ4v) is 2.14. The molecule has 20 heavy (non-hydrogen) atoms. The van der Waals surface area contributed by atoms with Crippen molar-refractivity contribution in [3.05, 3.63) is 70.1 Å². The molecule has 1 heterocycles. The molecule has 1 unspecified atom stereocenters. The van der Waals surface area contributed by atoms with Gasteiger partial charge in [-0.3, -0.25) is 4.79 Å². The average molecular weight is 271 g/mol. The molecule has 1 aromatic heterocycles. The maximum atomic E-state index is 11.7. The van der Waals surface area contributed by atoms with Gasteiger partial charge < -0.3 is 9.67 Å². The number of aryl methyl sites for hydroxylation is 2. The molecule has 1 atom stereocenters. The number of rotatable bonds is 5. The van der Waals surface area contributed by atoms with Crippen LogP contribution in [0.25, 0.3) is 0 Å². The molecule has 0 radical (unpaired) electrons. The molecule has 0 aliphatic rings. The Hall–Kier alpha value is -2.36. The van der Waals surface area contributed by atoms with Gasteiger partial charge in [0.1, 0.15) is 6.04 Å². The summed E-state index contributed by atoms with van der Waals surface area (Å²) < 4.78 is 1.27. The first-order valence-electron chi connectivity index (χ1n) is 6.53. The molecule has 0 fully saturated rings. The van der Waals surface area contributed by atoms with Crippen LogP contribution in [-0.4, -0.2) is 15.6 Å². The maximum Gasteiger partial charge on any atom is 0.326 e. The standard InChI is InChI=1S/C16H17NO3/c1-12-5-7-13(8-6-12)9-10-14(16(19)20)17-11-3-2-4-15(17)18/h2-8,11,14H,9-10H2,1H3,(H,19,20).